The lowest BCUT2D eigenvalue weighted by molar-refractivity contribution is -0.112. The van der Waals surface area contributed by atoms with Gasteiger partial charge in [0, 0.05) is 22.3 Å². The van der Waals surface area contributed by atoms with Crippen molar-refractivity contribution in [2.24, 2.45) is 0 Å². The maximum absolute atomic E-state index is 12.9. The van der Waals surface area contributed by atoms with Gasteiger partial charge in [0.1, 0.15) is 11.5 Å². The summed E-state index contributed by atoms with van der Waals surface area (Å²) in [6.07, 6.45) is 6.46. The minimum atomic E-state index is 0.114. The molecule has 3 heteroatoms. The fraction of sp³-hybridized carbons (Fsp3) is 0.227. The molecule has 0 bridgehead atoms. The third-order valence-corrected chi connectivity index (χ3v) is 4.41. The molecule has 25 heavy (non-hydrogen) atoms. The number of carbonyl (C=O) groups is 1. The first-order valence-electron chi connectivity index (χ1n) is 8.45. The van der Waals surface area contributed by atoms with Crippen molar-refractivity contribution in [3.8, 4) is 11.5 Å². The van der Waals surface area contributed by atoms with Gasteiger partial charge in [-0.05, 0) is 43.5 Å². The molecule has 0 saturated heterocycles. The zero-order valence-corrected chi connectivity index (χ0v) is 14.6. The monoisotopic (exact) mass is 334 g/mol. The van der Waals surface area contributed by atoms with E-state index in [1.165, 1.54) is 0 Å². The van der Waals surface area contributed by atoms with Crippen LogP contribution in [0, 0.1) is 0 Å². The lowest BCUT2D eigenvalue weighted by Gasteiger charge is -2.17. The Morgan fingerprint density at radius 3 is 1.64 bits per heavy atom. The van der Waals surface area contributed by atoms with E-state index in [0.29, 0.717) is 0 Å². The number of ketones is 1. The van der Waals surface area contributed by atoms with E-state index in [9.17, 15) is 4.79 Å². The van der Waals surface area contributed by atoms with E-state index in [0.717, 1.165) is 53.0 Å². The molecule has 0 atom stereocenters. The van der Waals surface area contributed by atoms with Gasteiger partial charge in [0.05, 0.1) is 14.2 Å². The quantitative estimate of drug-likeness (QED) is 0.744. The molecule has 0 N–H and O–H groups in total. The Labute approximate surface area is 148 Å². The first kappa shape index (κ1) is 17.0. The highest BCUT2D eigenvalue weighted by Crippen LogP contribution is 2.31. The van der Waals surface area contributed by atoms with Gasteiger partial charge in [-0.25, -0.2) is 0 Å². The molecule has 1 aliphatic rings. The minimum absolute atomic E-state index is 0.114. The molecule has 0 aromatic heterocycles. The van der Waals surface area contributed by atoms with Crippen molar-refractivity contribution < 1.29 is 14.3 Å². The number of para-hydroxylation sites is 2. The predicted molar refractivity (Wildman–Crippen MR) is 101 cm³/mol. The number of allylic oxidation sites excluding steroid dienone is 2. The number of methoxy groups -OCH3 is 2. The fourth-order valence-corrected chi connectivity index (χ4v) is 3.12. The van der Waals surface area contributed by atoms with Crippen LogP contribution in [-0.2, 0) is 4.79 Å². The van der Waals surface area contributed by atoms with Crippen molar-refractivity contribution >= 4 is 17.9 Å². The second-order valence-electron chi connectivity index (χ2n) is 6.01. The third-order valence-electron chi connectivity index (χ3n) is 4.41. The average molecular weight is 334 g/mol. The second kappa shape index (κ2) is 7.84. The Morgan fingerprint density at radius 2 is 1.20 bits per heavy atom. The molecule has 128 valence electrons. The molecule has 0 aliphatic heterocycles. The van der Waals surface area contributed by atoms with Crippen molar-refractivity contribution in [2.75, 3.05) is 14.2 Å². The van der Waals surface area contributed by atoms with Gasteiger partial charge >= 0.3 is 0 Å². The third kappa shape index (κ3) is 3.82. The van der Waals surface area contributed by atoms with Gasteiger partial charge in [-0.3, -0.25) is 4.79 Å². The van der Waals surface area contributed by atoms with Gasteiger partial charge in [-0.15, -0.1) is 0 Å². The molecule has 2 aromatic rings. The highest BCUT2D eigenvalue weighted by Gasteiger charge is 2.21. The van der Waals surface area contributed by atoms with Crippen LogP contribution in [0.25, 0.3) is 12.2 Å². The van der Waals surface area contributed by atoms with Crippen LogP contribution in [0.3, 0.4) is 0 Å². The van der Waals surface area contributed by atoms with Gasteiger partial charge in [-0.2, -0.15) is 0 Å². The van der Waals surface area contributed by atoms with E-state index in [1.807, 2.05) is 60.7 Å². The van der Waals surface area contributed by atoms with Crippen molar-refractivity contribution in [3.05, 3.63) is 70.8 Å². The zero-order chi connectivity index (χ0) is 17.6. The topological polar surface area (TPSA) is 35.5 Å². The Morgan fingerprint density at radius 1 is 0.760 bits per heavy atom. The summed E-state index contributed by atoms with van der Waals surface area (Å²) in [6.45, 7) is 0. The number of carbonyl (C=O) groups excluding carboxylic acids is 1. The number of Topliss-reactive ketones (excluding diaryl/α,β-unsaturated/α-hetero) is 1. The Balaban J connectivity index is 1.93. The van der Waals surface area contributed by atoms with Crippen LogP contribution in [0.2, 0.25) is 0 Å². The van der Waals surface area contributed by atoms with E-state index in [-0.39, 0.29) is 5.78 Å². The number of ether oxygens (including phenoxy) is 2. The summed E-state index contributed by atoms with van der Waals surface area (Å²) in [5, 5.41) is 0. The summed E-state index contributed by atoms with van der Waals surface area (Å²) in [4.78, 5) is 12.9. The molecule has 1 aliphatic carbocycles. The molecule has 0 unspecified atom stereocenters. The number of hydrogen-bond acceptors (Lipinski definition) is 3. The maximum Gasteiger partial charge on any atom is 0.185 e. The standard InChI is InChI=1S/C22H22O3/c1-24-20-12-5-3-8-16(20)14-18-10-7-11-19(22(18)23)15-17-9-4-6-13-21(17)25-2/h3-6,8-9,12-15H,7,10-11H2,1-2H3/b18-14+,19-15+. The average Bonchev–Trinajstić information content (AvgIpc) is 2.66. The first-order chi connectivity index (χ1) is 12.2. The molecule has 3 rings (SSSR count). The summed E-state index contributed by atoms with van der Waals surface area (Å²) in [5.41, 5.74) is 3.53. The molecular weight excluding hydrogens is 312 g/mol. The lowest BCUT2D eigenvalue weighted by Crippen LogP contribution is -2.12. The Bertz CT molecular complexity index is 763. The van der Waals surface area contributed by atoms with E-state index >= 15 is 0 Å². The van der Waals surface area contributed by atoms with E-state index in [4.69, 9.17) is 9.47 Å². The Kier molecular flexibility index (Phi) is 5.34. The summed E-state index contributed by atoms with van der Waals surface area (Å²) in [5.74, 6) is 1.68. The highest BCUT2D eigenvalue weighted by molar-refractivity contribution is 6.14. The number of rotatable bonds is 4. The van der Waals surface area contributed by atoms with Gasteiger partial charge in [0.2, 0.25) is 0 Å². The molecule has 2 aromatic carbocycles. The van der Waals surface area contributed by atoms with Crippen molar-refractivity contribution in [3.63, 3.8) is 0 Å². The van der Waals surface area contributed by atoms with E-state index in [2.05, 4.69) is 0 Å². The molecule has 0 spiro atoms. The molecular formula is C22H22O3. The molecule has 3 nitrogen and oxygen atoms in total. The Hall–Kier alpha value is -2.81. The van der Waals surface area contributed by atoms with Crippen LogP contribution < -0.4 is 9.47 Å². The van der Waals surface area contributed by atoms with Gasteiger partial charge in [0.15, 0.2) is 5.78 Å². The molecule has 0 heterocycles. The van der Waals surface area contributed by atoms with Crippen molar-refractivity contribution in [1.29, 1.82) is 0 Å². The van der Waals surface area contributed by atoms with Crippen molar-refractivity contribution in [2.45, 2.75) is 19.3 Å². The summed E-state index contributed by atoms with van der Waals surface area (Å²) >= 11 is 0. The van der Waals surface area contributed by atoms with Crippen LogP contribution >= 0.6 is 0 Å². The highest BCUT2D eigenvalue weighted by atomic mass is 16.5. The molecule has 1 fully saturated rings. The van der Waals surface area contributed by atoms with Crippen LogP contribution in [0.1, 0.15) is 30.4 Å². The normalized spacial score (nSPS) is 17.8. The van der Waals surface area contributed by atoms with Gasteiger partial charge in [0.25, 0.3) is 0 Å². The largest absolute Gasteiger partial charge is 0.496 e. The first-order valence-corrected chi connectivity index (χ1v) is 8.45. The molecule has 0 radical (unpaired) electrons. The SMILES string of the molecule is COc1ccccc1/C=C1\CCC/C(=C\c2ccccc2OC)C1=O. The number of benzene rings is 2. The van der Waals surface area contributed by atoms with E-state index in [1.54, 1.807) is 14.2 Å². The molecule has 0 amide bonds. The molecule has 1 saturated carbocycles. The second-order valence-corrected chi connectivity index (χ2v) is 6.01. The van der Waals surface area contributed by atoms with Gasteiger partial charge in [-0.1, -0.05) is 36.4 Å². The summed E-state index contributed by atoms with van der Waals surface area (Å²) in [7, 11) is 3.29. The van der Waals surface area contributed by atoms with Gasteiger partial charge < -0.3 is 9.47 Å². The van der Waals surface area contributed by atoms with Crippen LogP contribution in [0.15, 0.2) is 59.7 Å². The maximum atomic E-state index is 12.9. The van der Waals surface area contributed by atoms with Crippen LogP contribution in [-0.4, -0.2) is 20.0 Å². The minimum Gasteiger partial charge on any atom is -0.496 e. The summed E-state index contributed by atoms with van der Waals surface area (Å²) < 4.78 is 10.8. The van der Waals surface area contributed by atoms with E-state index < -0.39 is 0 Å². The fourth-order valence-electron chi connectivity index (χ4n) is 3.12. The zero-order valence-electron chi connectivity index (χ0n) is 14.6. The van der Waals surface area contributed by atoms with Crippen LogP contribution in [0.4, 0.5) is 0 Å². The predicted octanol–water partition coefficient (Wildman–Crippen LogP) is 4.92. The summed E-state index contributed by atoms with van der Waals surface area (Å²) in [6, 6.07) is 15.5. The van der Waals surface area contributed by atoms with Crippen LogP contribution in [0.5, 0.6) is 11.5 Å². The number of hydrogen-bond donors (Lipinski definition) is 0. The smallest absolute Gasteiger partial charge is 0.185 e. The van der Waals surface area contributed by atoms with Crippen molar-refractivity contribution in [1.82, 2.24) is 0 Å². The lowest BCUT2D eigenvalue weighted by atomic mass is 9.86.